The van der Waals surface area contributed by atoms with Crippen molar-refractivity contribution in [2.45, 2.75) is 19.8 Å². The summed E-state index contributed by atoms with van der Waals surface area (Å²) in [6.07, 6.45) is 1.93. The molecule has 1 aromatic carbocycles. The average molecular weight is 304 g/mol. The van der Waals surface area contributed by atoms with Crippen LogP contribution in [0.1, 0.15) is 30.1 Å². The lowest BCUT2D eigenvalue weighted by Crippen LogP contribution is -2.13. The fourth-order valence-electron chi connectivity index (χ4n) is 1.74. The maximum atomic E-state index is 12.0. The Morgan fingerprint density at radius 3 is 2.62 bits per heavy atom. The third-order valence-corrected chi connectivity index (χ3v) is 3.43. The molecule has 0 saturated carbocycles. The van der Waals surface area contributed by atoms with Crippen molar-refractivity contribution >= 4 is 28.2 Å². The molecule has 1 aromatic heterocycles. The number of nitrogens with zero attached hydrogens (tertiary/aromatic N) is 1. The first-order chi connectivity index (χ1) is 10.2. The fourth-order valence-corrected chi connectivity index (χ4v) is 2.29. The summed E-state index contributed by atoms with van der Waals surface area (Å²) in [6.45, 7) is 2.49. The van der Waals surface area contributed by atoms with E-state index < -0.39 is 0 Å². The van der Waals surface area contributed by atoms with Crippen LogP contribution in [0.5, 0.6) is 5.75 Å². The third-order valence-electron chi connectivity index (χ3n) is 2.75. The van der Waals surface area contributed by atoms with E-state index in [-0.39, 0.29) is 24.5 Å². The summed E-state index contributed by atoms with van der Waals surface area (Å²) in [5.74, 6) is 0.465. The van der Waals surface area contributed by atoms with Crippen molar-refractivity contribution < 1.29 is 14.3 Å². The molecule has 5 nitrogen and oxygen atoms in total. The van der Waals surface area contributed by atoms with E-state index in [1.165, 1.54) is 11.3 Å². The van der Waals surface area contributed by atoms with E-state index >= 15 is 0 Å². The number of ether oxygens (including phenoxy) is 1. The number of hydrogen-bond acceptors (Lipinski definition) is 5. The molecule has 21 heavy (non-hydrogen) atoms. The van der Waals surface area contributed by atoms with Crippen molar-refractivity contribution in [3.63, 3.8) is 0 Å². The minimum Gasteiger partial charge on any atom is -0.494 e. The van der Waals surface area contributed by atoms with Crippen LogP contribution < -0.4 is 10.1 Å². The molecule has 0 aliphatic rings. The van der Waals surface area contributed by atoms with Gasteiger partial charge in [-0.05, 0) is 31.2 Å². The molecule has 110 valence electrons. The molecule has 2 aromatic rings. The molecule has 0 spiro atoms. The van der Waals surface area contributed by atoms with Gasteiger partial charge in [0.1, 0.15) is 5.75 Å². The number of amides is 1. The molecule has 1 amide bonds. The highest BCUT2D eigenvalue weighted by atomic mass is 32.1. The van der Waals surface area contributed by atoms with E-state index in [1.54, 1.807) is 35.8 Å². The molecule has 1 N–H and O–H groups in total. The Hall–Kier alpha value is -2.21. The van der Waals surface area contributed by atoms with E-state index in [0.29, 0.717) is 17.3 Å². The van der Waals surface area contributed by atoms with Gasteiger partial charge in [-0.2, -0.15) is 0 Å². The van der Waals surface area contributed by atoms with Crippen LogP contribution in [0.2, 0.25) is 0 Å². The molecular weight excluding hydrogens is 288 g/mol. The second-order valence-electron chi connectivity index (χ2n) is 4.27. The summed E-state index contributed by atoms with van der Waals surface area (Å²) >= 11 is 1.35. The van der Waals surface area contributed by atoms with Crippen LogP contribution in [0.4, 0.5) is 5.13 Å². The first-order valence-electron chi connectivity index (χ1n) is 6.64. The summed E-state index contributed by atoms with van der Waals surface area (Å²) in [5.41, 5.74) is 0.584. The van der Waals surface area contributed by atoms with Gasteiger partial charge in [-0.25, -0.2) is 4.98 Å². The highest BCUT2D eigenvalue weighted by Gasteiger charge is 2.10. The zero-order chi connectivity index (χ0) is 15.1. The molecule has 0 atom stereocenters. The minimum atomic E-state index is -0.204. The molecular formula is C15H16N2O3S. The van der Waals surface area contributed by atoms with Gasteiger partial charge < -0.3 is 10.1 Å². The van der Waals surface area contributed by atoms with Crippen LogP contribution in [0, 0.1) is 0 Å². The minimum absolute atomic E-state index is 0.0627. The molecule has 0 aliphatic carbocycles. The number of nitrogens with one attached hydrogen (secondary N) is 1. The molecule has 0 bridgehead atoms. The number of ketones is 1. The van der Waals surface area contributed by atoms with Crippen LogP contribution in [-0.2, 0) is 4.79 Å². The molecule has 0 radical (unpaired) electrons. The number of rotatable bonds is 7. The molecule has 1 heterocycles. The van der Waals surface area contributed by atoms with Gasteiger partial charge in [-0.15, -0.1) is 11.3 Å². The number of hydrogen-bond donors (Lipinski definition) is 1. The molecule has 0 saturated heterocycles. The number of anilines is 1. The first kappa shape index (κ1) is 15.2. The number of carbonyl (C=O) groups is 2. The predicted molar refractivity (Wildman–Crippen MR) is 81.9 cm³/mol. The third kappa shape index (κ3) is 4.68. The molecule has 2 rings (SSSR count). The van der Waals surface area contributed by atoms with Gasteiger partial charge in [0.25, 0.3) is 0 Å². The molecule has 0 fully saturated rings. The number of thiazole rings is 1. The fraction of sp³-hybridized carbons (Fsp3) is 0.267. The second kappa shape index (κ2) is 7.54. The van der Waals surface area contributed by atoms with E-state index in [9.17, 15) is 9.59 Å². The zero-order valence-electron chi connectivity index (χ0n) is 11.7. The summed E-state index contributed by atoms with van der Waals surface area (Å²) in [6, 6.07) is 6.94. The van der Waals surface area contributed by atoms with Gasteiger partial charge in [0.05, 0.1) is 6.61 Å². The Morgan fingerprint density at radius 1 is 1.24 bits per heavy atom. The largest absolute Gasteiger partial charge is 0.494 e. The van der Waals surface area contributed by atoms with Crippen molar-refractivity contribution in [2.75, 3.05) is 11.9 Å². The Balaban J connectivity index is 1.82. The Morgan fingerprint density at radius 2 is 2.00 bits per heavy atom. The van der Waals surface area contributed by atoms with Crippen LogP contribution >= 0.6 is 11.3 Å². The van der Waals surface area contributed by atoms with Crippen LogP contribution in [0.15, 0.2) is 35.8 Å². The van der Waals surface area contributed by atoms with E-state index in [0.717, 1.165) is 5.75 Å². The summed E-state index contributed by atoms with van der Waals surface area (Å²) in [4.78, 5) is 27.6. The smallest absolute Gasteiger partial charge is 0.226 e. The van der Waals surface area contributed by atoms with Crippen LogP contribution in [0.25, 0.3) is 0 Å². The van der Waals surface area contributed by atoms with Gasteiger partial charge in [0.15, 0.2) is 10.9 Å². The van der Waals surface area contributed by atoms with Gasteiger partial charge in [-0.1, -0.05) is 0 Å². The Labute approximate surface area is 127 Å². The number of aromatic nitrogens is 1. The number of carbonyl (C=O) groups excluding carboxylic acids is 2. The Kier molecular flexibility index (Phi) is 5.45. The van der Waals surface area contributed by atoms with E-state index in [1.807, 2.05) is 6.92 Å². The molecule has 6 heteroatoms. The summed E-state index contributed by atoms with van der Waals surface area (Å²) < 4.78 is 5.32. The maximum absolute atomic E-state index is 12.0. The lowest BCUT2D eigenvalue weighted by atomic mass is 10.1. The predicted octanol–water partition coefficient (Wildman–Crippen LogP) is 3.14. The standard InChI is InChI=1S/C15H16N2O3S/c1-2-20-12-5-3-11(4-6-12)13(18)7-8-14(19)17-15-16-9-10-21-15/h3-6,9-10H,2,7-8H2,1H3,(H,16,17,19). The quantitative estimate of drug-likeness (QED) is 0.798. The SMILES string of the molecule is CCOc1ccc(C(=O)CCC(=O)Nc2nccs2)cc1. The van der Waals surface area contributed by atoms with Gasteiger partial charge >= 0.3 is 0 Å². The topological polar surface area (TPSA) is 68.3 Å². The molecule has 0 unspecified atom stereocenters. The van der Waals surface area contributed by atoms with E-state index in [4.69, 9.17) is 4.74 Å². The summed E-state index contributed by atoms with van der Waals surface area (Å²) in [7, 11) is 0. The van der Waals surface area contributed by atoms with Crippen LogP contribution in [-0.4, -0.2) is 23.3 Å². The van der Waals surface area contributed by atoms with E-state index in [2.05, 4.69) is 10.3 Å². The van der Waals surface area contributed by atoms with Gasteiger partial charge in [0, 0.05) is 30.0 Å². The lowest BCUT2D eigenvalue weighted by molar-refractivity contribution is -0.116. The van der Waals surface area contributed by atoms with Crippen molar-refractivity contribution in [1.29, 1.82) is 0 Å². The lowest BCUT2D eigenvalue weighted by Gasteiger charge is -2.05. The van der Waals surface area contributed by atoms with Crippen molar-refractivity contribution in [3.8, 4) is 5.75 Å². The monoisotopic (exact) mass is 304 g/mol. The zero-order valence-corrected chi connectivity index (χ0v) is 12.5. The average Bonchev–Trinajstić information content (AvgIpc) is 2.99. The number of benzene rings is 1. The van der Waals surface area contributed by atoms with Gasteiger partial charge in [0.2, 0.25) is 5.91 Å². The van der Waals surface area contributed by atoms with Crippen LogP contribution in [0.3, 0.4) is 0 Å². The second-order valence-corrected chi connectivity index (χ2v) is 5.16. The first-order valence-corrected chi connectivity index (χ1v) is 7.52. The van der Waals surface area contributed by atoms with Crippen molar-refractivity contribution in [1.82, 2.24) is 4.98 Å². The summed E-state index contributed by atoms with van der Waals surface area (Å²) in [5, 5.41) is 4.98. The van der Waals surface area contributed by atoms with Crippen molar-refractivity contribution in [2.24, 2.45) is 0 Å². The van der Waals surface area contributed by atoms with Crippen molar-refractivity contribution in [3.05, 3.63) is 41.4 Å². The molecule has 0 aliphatic heterocycles. The Bertz CT molecular complexity index is 594. The highest BCUT2D eigenvalue weighted by molar-refractivity contribution is 7.13. The normalized spacial score (nSPS) is 10.1. The maximum Gasteiger partial charge on any atom is 0.226 e. The highest BCUT2D eigenvalue weighted by Crippen LogP contribution is 2.15. The van der Waals surface area contributed by atoms with Gasteiger partial charge in [-0.3, -0.25) is 9.59 Å². The number of Topliss-reactive ketones (excluding diaryl/α,β-unsaturated/α-hetero) is 1.